The molecular formula is C9H13Cl2NO3. The summed E-state index contributed by atoms with van der Waals surface area (Å²) in [5.74, 6) is 0.124. The quantitative estimate of drug-likeness (QED) is 0.763. The van der Waals surface area contributed by atoms with Crippen LogP contribution >= 0.6 is 24.0 Å². The van der Waals surface area contributed by atoms with Crippen LogP contribution in [-0.2, 0) is 0 Å². The number of phenolic OH excluding ortho intramolecular Hbond substituents is 1. The molecule has 0 amide bonds. The van der Waals surface area contributed by atoms with Gasteiger partial charge in [0.15, 0.2) is 11.5 Å². The minimum atomic E-state index is -0.526. The second kappa shape index (κ2) is 6.02. The summed E-state index contributed by atoms with van der Waals surface area (Å²) in [6.45, 7) is -0.190. The Morgan fingerprint density at radius 3 is 2.60 bits per heavy atom. The zero-order valence-electron chi connectivity index (χ0n) is 8.11. The van der Waals surface area contributed by atoms with Gasteiger partial charge in [-0.15, -0.1) is 12.4 Å². The number of rotatable bonds is 3. The maximum Gasteiger partial charge on any atom is 0.176 e. The van der Waals surface area contributed by atoms with Crippen molar-refractivity contribution in [3.63, 3.8) is 0 Å². The van der Waals surface area contributed by atoms with Crippen molar-refractivity contribution in [3.8, 4) is 11.5 Å². The van der Waals surface area contributed by atoms with E-state index in [0.29, 0.717) is 5.56 Å². The second-order valence-electron chi connectivity index (χ2n) is 2.84. The molecule has 0 aliphatic rings. The summed E-state index contributed by atoms with van der Waals surface area (Å²) in [6, 6.07) is 2.52. The van der Waals surface area contributed by atoms with Crippen molar-refractivity contribution in [1.29, 1.82) is 0 Å². The van der Waals surface area contributed by atoms with Crippen LogP contribution in [0.3, 0.4) is 0 Å². The van der Waals surface area contributed by atoms with Gasteiger partial charge in [0, 0.05) is 0 Å². The third kappa shape index (κ3) is 3.14. The fraction of sp³-hybridized carbons (Fsp3) is 0.333. The molecule has 0 aliphatic heterocycles. The van der Waals surface area contributed by atoms with E-state index in [9.17, 15) is 5.11 Å². The number of aliphatic hydroxyl groups excluding tert-OH is 1. The molecule has 0 fully saturated rings. The Balaban J connectivity index is 0.00000196. The van der Waals surface area contributed by atoms with Gasteiger partial charge in [-0.3, -0.25) is 0 Å². The summed E-state index contributed by atoms with van der Waals surface area (Å²) < 4.78 is 4.89. The number of nitrogens with two attached hydrogens (primary N) is 1. The highest BCUT2D eigenvalue weighted by Crippen LogP contribution is 2.36. The van der Waals surface area contributed by atoms with Crippen molar-refractivity contribution >= 4 is 24.0 Å². The van der Waals surface area contributed by atoms with Crippen molar-refractivity contribution in [2.75, 3.05) is 13.7 Å². The SMILES string of the molecule is COc1cc([C@H](N)CO)cc(Cl)c1O.Cl. The Labute approximate surface area is 99.0 Å². The van der Waals surface area contributed by atoms with E-state index in [-0.39, 0.29) is 35.5 Å². The Morgan fingerprint density at radius 1 is 1.53 bits per heavy atom. The van der Waals surface area contributed by atoms with Crippen LogP contribution in [0, 0.1) is 0 Å². The van der Waals surface area contributed by atoms with E-state index in [1.54, 1.807) is 6.07 Å². The van der Waals surface area contributed by atoms with Gasteiger partial charge in [-0.2, -0.15) is 0 Å². The molecule has 4 N–H and O–H groups in total. The molecular weight excluding hydrogens is 241 g/mol. The maximum absolute atomic E-state index is 9.42. The number of halogens is 2. The van der Waals surface area contributed by atoms with E-state index in [1.165, 1.54) is 13.2 Å². The van der Waals surface area contributed by atoms with E-state index < -0.39 is 6.04 Å². The van der Waals surface area contributed by atoms with Crippen molar-refractivity contribution < 1.29 is 14.9 Å². The molecule has 86 valence electrons. The van der Waals surface area contributed by atoms with Gasteiger partial charge in [-0.05, 0) is 17.7 Å². The minimum absolute atomic E-state index is 0. The van der Waals surface area contributed by atoms with Gasteiger partial charge in [0.2, 0.25) is 0 Å². The molecule has 0 saturated heterocycles. The molecule has 1 rings (SSSR count). The Morgan fingerprint density at radius 2 is 2.13 bits per heavy atom. The first kappa shape index (κ1) is 14.3. The topological polar surface area (TPSA) is 75.7 Å². The van der Waals surface area contributed by atoms with Crippen LogP contribution in [0.4, 0.5) is 0 Å². The monoisotopic (exact) mass is 253 g/mol. The van der Waals surface area contributed by atoms with Crippen LogP contribution in [0.5, 0.6) is 11.5 Å². The molecule has 0 spiro atoms. The fourth-order valence-corrected chi connectivity index (χ4v) is 1.29. The number of hydrogen-bond donors (Lipinski definition) is 3. The number of hydrogen-bond acceptors (Lipinski definition) is 4. The van der Waals surface area contributed by atoms with E-state index in [4.69, 9.17) is 27.2 Å². The van der Waals surface area contributed by atoms with Crippen LogP contribution in [0.1, 0.15) is 11.6 Å². The highest BCUT2D eigenvalue weighted by molar-refractivity contribution is 6.32. The normalized spacial score (nSPS) is 11.7. The number of aliphatic hydroxyl groups is 1. The second-order valence-corrected chi connectivity index (χ2v) is 3.25. The predicted molar refractivity (Wildman–Crippen MR) is 60.9 cm³/mol. The molecule has 1 aromatic carbocycles. The van der Waals surface area contributed by atoms with Gasteiger partial charge in [0.25, 0.3) is 0 Å². The van der Waals surface area contributed by atoms with Crippen LogP contribution in [0.15, 0.2) is 12.1 Å². The zero-order valence-corrected chi connectivity index (χ0v) is 9.68. The van der Waals surface area contributed by atoms with Gasteiger partial charge < -0.3 is 20.7 Å². The largest absolute Gasteiger partial charge is 0.503 e. The first-order valence-corrected chi connectivity index (χ1v) is 4.40. The minimum Gasteiger partial charge on any atom is -0.503 e. The average molecular weight is 254 g/mol. The van der Waals surface area contributed by atoms with E-state index in [2.05, 4.69) is 0 Å². The molecule has 0 aromatic heterocycles. The molecule has 1 aromatic rings. The smallest absolute Gasteiger partial charge is 0.176 e. The van der Waals surface area contributed by atoms with E-state index in [0.717, 1.165) is 0 Å². The lowest BCUT2D eigenvalue weighted by Gasteiger charge is -2.12. The standard InChI is InChI=1S/C9H12ClNO3.ClH/c1-14-8-3-5(7(11)4-12)2-6(10)9(8)13;/h2-3,7,12-13H,4,11H2,1H3;1H/t7-;/m1./s1. The molecule has 1 atom stereocenters. The van der Waals surface area contributed by atoms with Gasteiger partial charge in [-0.1, -0.05) is 11.6 Å². The van der Waals surface area contributed by atoms with Gasteiger partial charge in [-0.25, -0.2) is 0 Å². The summed E-state index contributed by atoms with van der Waals surface area (Å²) in [5.41, 5.74) is 6.21. The molecule has 0 aliphatic carbocycles. The number of aromatic hydroxyl groups is 1. The lowest BCUT2D eigenvalue weighted by Crippen LogP contribution is -2.14. The van der Waals surface area contributed by atoms with Crippen LogP contribution in [0.25, 0.3) is 0 Å². The molecule has 6 heteroatoms. The third-order valence-electron chi connectivity index (χ3n) is 1.90. The number of benzene rings is 1. The summed E-state index contributed by atoms with van der Waals surface area (Å²) in [4.78, 5) is 0. The molecule has 15 heavy (non-hydrogen) atoms. The van der Waals surface area contributed by atoms with Gasteiger partial charge >= 0.3 is 0 Å². The number of methoxy groups -OCH3 is 1. The zero-order chi connectivity index (χ0) is 10.7. The van der Waals surface area contributed by atoms with Crippen molar-refractivity contribution in [1.82, 2.24) is 0 Å². The highest BCUT2D eigenvalue weighted by Gasteiger charge is 2.12. The fourth-order valence-electron chi connectivity index (χ4n) is 1.07. The summed E-state index contributed by atoms with van der Waals surface area (Å²) >= 11 is 5.73. The maximum atomic E-state index is 9.42. The summed E-state index contributed by atoms with van der Waals surface area (Å²) in [6.07, 6.45) is 0. The average Bonchev–Trinajstić information content (AvgIpc) is 2.20. The molecule has 4 nitrogen and oxygen atoms in total. The van der Waals surface area contributed by atoms with Crippen LogP contribution in [0.2, 0.25) is 5.02 Å². The van der Waals surface area contributed by atoms with Crippen molar-refractivity contribution in [2.24, 2.45) is 5.73 Å². The molecule has 0 heterocycles. The molecule has 0 radical (unpaired) electrons. The van der Waals surface area contributed by atoms with Gasteiger partial charge in [0.1, 0.15) is 0 Å². The van der Waals surface area contributed by atoms with Crippen LogP contribution < -0.4 is 10.5 Å². The van der Waals surface area contributed by atoms with Crippen LogP contribution in [-0.4, -0.2) is 23.9 Å². The van der Waals surface area contributed by atoms with Gasteiger partial charge in [0.05, 0.1) is 24.8 Å². The van der Waals surface area contributed by atoms with Crippen molar-refractivity contribution in [3.05, 3.63) is 22.7 Å². The first-order valence-electron chi connectivity index (χ1n) is 4.03. The lowest BCUT2D eigenvalue weighted by atomic mass is 10.1. The first-order chi connectivity index (χ1) is 6.60. The number of ether oxygens (including phenoxy) is 1. The lowest BCUT2D eigenvalue weighted by molar-refractivity contribution is 0.267. The summed E-state index contributed by atoms with van der Waals surface area (Å²) in [5, 5.41) is 18.4. The number of phenols is 1. The highest BCUT2D eigenvalue weighted by atomic mass is 35.5. The van der Waals surface area contributed by atoms with Crippen molar-refractivity contribution in [2.45, 2.75) is 6.04 Å². The van der Waals surface area contributed by atoms with E-state index in [1.807, 2.05) is 0 Å². The van der Waals surface area contributed by atoms with E-state index >= 15 is 0 Å². The molecule has 0 saturated carbocycles. The molecule has 0 bridgehead atoms. The summed E-state index contributed by atoms with van der Waals surface area (Å²) in [7, 11) is 1.42. The molecule has 0 unspecified atom stereocenters. The Kier molecular flexibility index (Phi) is 5.75. The Bertz CT molecular complexity index is 333. The third-order valence-corrected chi connectivity index (χ3v) is 2.18. The predicted octanol–water partition coefficient (Wildman–Crippen LogP) is 1.47. The Hall–Kier alpha value is -0.680.